The number of alkyl halides is 2. The molecule has 0 bridgehead atoms. The normalized spacial score (nSPS) is 10.8. The van der Waals surface area contributed by atoms with Crippen molar-refractivity contribution in [3.8, 4) is 11.5 Å². The molecule has 0 saturated carbocycles. The van der Waals surface area contributed by atoms with Crippen molar-refractivity contribution in [3.05, 3.63) is 75.7 Å². The molecule has 2 aromatic carbocycles. The fraction of sp³-hybridized carbons (Fsp3) is 0.150. The highest BCUT2D eigenvalue weighted by Gasteiger charge is 2.15. The Morgan fingerprint density at radius 3 is 2.75 bits per heavy atom. The number of nitrogens with one attached hydrogen (secondary N) is 1. The van der Waals surface area contributed by atoms with E-state index in [1.54, 1.807) is 36.6 Å². The van der Waals surface area contributed by atoms with Crippen LogP contribution in [0.1, 0.15) is 20.8 Å². The molecular weight excluding hydrogens is 391 g/mol. The van der Waals surface area contributed by atoms with Gasteiger partial charge in [0.1, 0.15) is 23.9 Å². The van der Waals surface area contributed by atoms with E-state index in [0.717, 1.165) is 11.1 Å². The summed E-state index contributed by atoms with van der Waals surface area (Å²) in [5.41, 5.74) is 1.68. The number of rotatable bonds is 7. The van der Waals surface area contributed by atoms with Crippen LogP contribution >= 0.6 is 11.3 Å². The molecule has 1 amide bonds. The highest BCUT2D eigenvalue weighted by Crippen LogP contribution is 2.28. The van der Waals surface area contributed by atoms with Crippen molar-refractivity contribution < 1.29 is 27.4 Å². The number of benzene rings is 2. The fourth-order valence-electron chi connectivity index (χ4n) is 2.42. The number of carbonyl (C=O) groups excluding carboxylic acids is 1. The summed E-state index contributed by atoms with van der Waals surface area (Å²) in [6.07, 6.45) is 0. The summed E-state index contributed by atoms with van der Waals surface area (Å²) in [6, 6.07) is 11.9. The van der Waals surface area contributed by atoms with E-state index in [0.29, 0.717) is 10.6 Å². The minimum Gasteiger partial charge on any atom is -0.489 e. The highest BCUT2D eigenvalue weighted by molar-refractivity contribution is 7.12. The molecule has 3 aromatic rings. The van der Waals surface area contributed by atoms with E-state index < -0.39 is 18.3 Å². The topological polar surface area (TPSA) is 47.6 Å². The number of amides is 1. The van der Waals surface area contributed by atoms with Crippen LogP contribution in [0.15, 0.2) is 53.9 Å². The van der Waals surface area contributed by atoms with Crippen molar-refractivity contribution in [3.63, 3.8) is 0 Å². The number of hydrogen-bond donors (Lipinski definition) is 1. The largest absolute Gasteiger partial charge is 0.489 e. The van der Waals surface area contributed by atoms with Crippen LogP contribution in [0.5, 0.6) is 11.5 Å². The van der Waals surface area contributed by atoms with E-state index in [-0.39, 0.29) is 18.0 Å². The number of aryl methyl sites for hydroxylation is 1. The van der Waals surface area contributed by atoms with Gasteiger partial charge in [0.2, 0.25) is 0 Å². The van der Waals surface area contributed by atoms with Crippen molar-refractivity contribution in [2.45, 2.75) is 20.1 Å². The van der Waals surface area contributed by atoms with E-state index in [1.807, 2.05) is 0 Å². The summed E-state index contributed by atoms with van der Waals surface area (Å²) in [5, 5.41) is 4.33. The van der Waals surface area contributed by atoms with Gasteiger partial charge in [0.25, 0.3) is 5.91 Å². The van der Waals surface area contributed by atoms with Crippen molar-refractivity contribution in [1.29, 1.82) is 0 Å². The van der Waals surface area contributed by atoms with Crippen molar-refractivity contribution in [2.75, 3.05) is 5.32 Å². The Labute approximate surface area is 163 Å². The Bertz CT molecular complexity index is 975. The second-order valence-corrected chi connectivity index (χ2v) is 6.81. The molecular formula is C20H16F3NO3S. The lowest BCUT2D eigenvalue weighted by atomic mass is 10.2. The standard InChI is InChI=1S/C20H16F3NO3S/c1-12-5-6-17(27-20(22)23)16(7-12)24-19(25)18-8-13(11-28-18)10-26-15-4-2-3-14(21)9-15/h2-9,11,20H,10H2,1H3,(H,24,25). The Balaban J connectivity index is 1.67. The lowest BCUT2D eigenvalue weighted by Crippen LogP contribution is -2.13. The fourth-order valence-corrected chi connectivity index (χ4v) is 3.21. The Morgan fingerprint density at radius 1 is 1.18 bits per heavy atom. The SMILES string of the molecule is Cc1ccc(OC(F)F)c(NC(=O)c2cc(COc3cccc(F)c3)cs2)c1. The van der Waals surface area contributed by atoms with Gasteiger partial charge in [-0.25, -0.2) is 4.39 Å². The lowest BCUT2D eigenvalue weighted by molar-refractivity contribution is -0.0493. The highest BCUT2D eigenvalue weighted by atomic mass is 32.1. The van der Waals surface area contributed by atoms with Crippen LogP contribution in [0.3, 0.4) is 0 Å². The Morgan fingerprint density at radius 2 is 2.00 bits per heavy atom. The van der Waals surface area contributed by atoms with Gasteiger partial charge < -0.3 is 14.8 Å². The average Bonchev–Trinajstić information content (AvgIpc) is 3.11. The molecule has 0 aliphatic carbocycles. The predicted molar refractivity (Wildman–Crippen MR) is 101 cm³/mol. The monoisotopic (exact) mass is 407 g/mol. The Hall–Kier alpha value is -3.00. The third kappa shape index (κ3) is 5.26. The van der Waals surface area contributed by atoms with E-state index >= 15 is 0 Å². The first-order chi connectivity index (χ1) is 13.4. The van der Waals surface area contributed by atoms with E-state index in [2.05, 4.69) is 10.1 Å². The second-order valence-electron chi connectivity index (χ2n) is 5.90. The van der Waals surface area contributed by atoms with Crippen molar-refractivity contribution >= 4 is 22.9 Å². The first-order valence-electron chi connectivity index (χ1n) is 8.23. The molecule has 0 aliphatic heterocycles. The van der Waals surface area contributed by atoms with Crippen LogP contribution in [0.25, 0.3) is 0 Å². The van der Waals surface area contributed by atoms with E-state index in [4.69, 9.17) is 4.74 Å². The molecule has 1 aromatic heterocycles. The maximum absolute atomic E-state index is 13.2. The molecule has 0 fully saturated rings. The molecule has 1 heterocycles. The average molecular weight is 407 g/mol. The maximum atomic E-state index is 13.2. The number of ether oxygens (including phenoxy) is 2. The third-order valence-electron chi connectivity index (χ3n) is 3.68. The molecule has 0 spiro atoms. The van der Waals surface area contributed by atoms with Crippen LogP contribution in [-0.4, -0.2) is 12.5 Å². The van der Waals surface area contributed by atoms with Gasteiger partial charge in [0.05, 0.1) is 10.6 Å². The molecule has 0 aliphatic rings. The quantitative estimate of drug-likeness (QED) is 0.552. The molecule has 4 nitrogen and oxygen atoms in total. The summed E-state index contributed by atoms with van der Waals surface area (Å²) in [5.74, 6) is -0.583. The van der Waals surface area contributed by atoms with Gasteiger partial charge in [-0.2, -0.15) is 8.78 Å². The summed E-state index contributed by atoms with van der Waals surface area (Å²) in [4.78, 5) is 12.8. The zero-order valence-corrected chi connectivity index (χ0v) is 15.6. The zero-order valence-electron chi connectivity index (χ0n) is 14.7. The number of carbonyl (C=O) groups is 1. The summed E-state index contributed by atoms with van der Waals surface area (Å²) < 4.78 is 48.2. The lowest BCUT2D eigenvalue weighted by Gasteiger charge is -2.12. The molecule has 3 rings (SSSR count). The summed E-state index contributed by atoms with van der Waals surface area (Å²) in [7, 11) is 0. The Kier molecular flexibility index (Phi) is 6.20. The molecule has 0 radical (unpaired) electrons. The van der Waals surface area contributed by atoms with Crippen LogP contribution in [0, 0.1) is 12.7 Å². The van der Waals surface area contributed by atoms with Crippen LogP contribution < -0.4 is 14.8 Å². The molecule has 146 valence electrons. The van der Waals surface area contributed by atoms with Gasteiger partial charge in [0, 0.05) is 11.6 Å². The minimum atomic E-state index is -2.99. The van der Waals surface area contributed by atoms with Gasteiger partial charge in [-0.1, -0.05) is 12.1 Å². The molecule has 0 atom stereocenters. The van der Waals surface area contributed by atoms with Gasteiger partial charge >= 0.3 is 6.61 Å². The molecule has 8 heteroatoms. The number of thiophene rings is 1. The maximum Gasteiger partial charge on any atom is 0.387 e. The minimum absolute atomic E-state index is 0.111. The third-order valence-corrected chi connectivity index (χ3v) is 4.66. The van der Waals surface area contributed by atoms with E-state index in [1.165, 1.54) is 35.6 Å². The van der Waals surface area contributed by atoms with Crippen LogP contribution in [0.4, 0.5) is 18.9 Å². The van der Waals surface area contributed by atoms with Gasteiger partial charge in [0.15, 0.2) is 0 Å². The number of anilines is 1. The molecule has 1 N–H and O–H groups in total. The number of hydrogen-bond acceptors (Lipinski definition) is 4. The smallest absolute Gasteiger partial charge is 0.387 e. The first-order valence-corrected chi connectivity index (χ1v) is 9.11. The summed E-state index contributed by atoms with van der Waals surface area (Å²) >= 11 is 1.18. The molecule has 28 heavy (non-hydrogen) atoms. The molecule has 0 unspecified atom stereocenters. The van der Waals surface area contributed by atoms with Crippen LogP contribution in [-0.2, 0) is 6.61 Å². The van der Waals surface area contributed by atoms with Gasteiger partial charge in [-0.15, -0.1) is 11.3 Å². The van der Waals surface area contributed by atoms with Crippen molar-refractivity contribution in [2.24, 2.45) is 0 Å². The van der Waals surface area contributed by atoms with Gasteiger partial charge in [-0.3, -0.25) is 4.79 Å². The van der Waals surface area contributed by atoms with Gasteiger partial charge in [-0.05, 0) is 48.2 Å². The van der Waals surface area contributed by atoms with E-state index in [9.17, 15) is 18.0 Å². The molecule has 0 saturated heterocycles. The zero-order chi connectivity index (χ0) is 20.1. The first kappa shape index (κ1) is 19.8. The second kappa shape index (κ2) is 8.79. The predicted octanol–water partition coefficient (Wildman–Crippen LogP) is 5.63. The number of halogens is 3. The van der Waals surface area contributed by atoms with Crippen molar-refractivity contribution in [1.82, 2.24) is 0 Å². The summed E-state index contributed by atoms with van der Waals surface area (Å²) in [6.45, 7) is -1.06. The van der Waals surface area contributed by atoms with Crippen LogP contribution in [0.2, 0.25) is 0 Å².